The molecule has 0 radical (unpaired) electrons. The van der Waals surface area contributed by atoms with Gasteiger partial charge in [0.1, 0.15) is 35.0 Å². The van der Waals surface area contributed by atoms with E-state index < -0.39 is 22.3 Å². The van der Waals surface area contributed by atoms with Crippen molar-refractivity contribution in [1.82, 2.24) is 14.3 Å². The number of rotatable bonds is 12. The summed E-state index contributed by atoms with van der Waals surface area (Å²) in [5, 5.41) is 0.199. The molecule has 1 saturated heterocycles. The summed E-state index contributed by atoms with van der Waals surface area (Å²) in [6.45, 7) is 11.9. The predicted molar refractivity (Wildman–Crippen MR) is 239 cm³/mol. The highest BCUT2D eigenvalue weighted by Gasteiger charge is 2.45. The lowest BCUT2D eigenvalue weighted by atomic mass is 10.0. The Labute approximate surface area is 382 Å². The molecule has 61 heavy (non-hydrogen) atoms. The van der Waals surface area contributed by atoms with Gasteiger partial charge in [0.15, 0.2) is 4.84 Å². The van der Waals surface area contributed by atoms with Gasteiger partial charge in [0.25, 0.3) is 5.91 Å². The van der Waals surface area contributed by atoms with E-state index in [1.54, 1.807) is 47.6 Å². The molecule has 2 unspecified atom stereocenters. The summed E-state index contributed by atoms with van der Waals surface area (Å²) in [5.41, 5.74) is 2.55. The SMILES string of the molecule is CC1(C)OC(c2ccco2)CN1C(=O)C(Cl)Cl.CCc1cccc(C)c1N(C(=O)CCl)C(C)COC.COC(=O)CSc1cc(N=c2sc(=O)n3n2CCCC3)c(F)cc1Cl. The third-order valence-electron chi connectivity index (χ3n) is 9.60. The minimum atomic E-state index is -1.08. The van der Waals surface area contributed by atoms with E-state index in [-0.39, 0.29) is 51.2 Å². The van der Waals surface area contributed by atoms with Crippen molar-refractivity contribution in [3.63, 3.8) is 0 Å². The Balaban J connectivity index is 0.000000206. The molecule has 20 heteroatoms. The van der Waals surface area contributed by atoms with E-state index in [1.165, 1.54) is 18.1 Å². The minimum absolute atomic E-state index is 0.0223. The number of hydrogen-bond acceptors (Lipinski definition) is 11. The predicted octanol–water partition coefficient (Wildman–Crippen LogP) is 8.68. The van der Waals surface area contributed by atoms with E-state index in [9.17, 15) is 23.6 Å². The van der Waals surface area contributed by atoms with Crippen molar-refractivity contribution in [1.29, 1.82) is 0 Å². The molecule has 0 bridgehead atoms. The van der Waals surface area contributed by atoms with Crippen molar-refractivity contribution in [2.75, 3.05) is 43.9 Å². The summed E-state index contributed by atoms with van der Waals surface area (Å²) in [6, 6.07) is 12.3. The lowest BCUT2D eigenvalue weighted by Gasteiger charge is -2.31. The molecular formula is C41H50Cl4FN5O8S2. The molecule has 4 aromatic rings. The largest absolute Gasteiger partial charge is 0.468 e. The first-order valence-corrected chi connectivity index (χ1v) is 22.9. The standard InChI is InChI=1S/C15H15ClFN3O3S2.C15H22ClNO2.C11H13Cl2NO3/c1-23-13(21)8-24-12-7-11(10(17)6-9(12)16)18-14-19-4-2-3-5-20(19)15(22)25-14;1-5-13-8-6-7-11(2)15(13)17(14(18)9-16)12(3)10-19-4;1-11(2)14(10(15)9(12)13)6-8(17-11)7-4-3-5-16-7/h6-7H,2-5,8H2,1H3;6-8,12H,5,9-10H2,1-4H3;3-5,8-9H,6H2,1-2H3. The van der Waals surface area contributed by atoms with Crippen LogP contribution in [0.1, 0.15) is 63.5 Å². The third kappa shape index (κ3) is 13.1. The van der Waals surface area contributed by atoms with E-state index in [0.29, 0.717) is 41.7 Å². The molecule has 2 aliphatic rings. The second-order valence-electron chi connectivity index (χ2n) is 14.3. The number of furan rings is 1. The Kier molecular flexibility index (Phi) is 19.3. The molecule has 0 saturated carbocycles. The van der Waals surface area contributed by atoms with Gasteiger partial charge in [-0.2, -0.15) is 0 Å². The number of halogens is 5. The van der Waals surface area contributed by atoms with Crippen LogP contribution < -0.4 is 14.6 Å². The fourth-order valence-electron chi connectivity index (χ4n) is 6.68. The van der Waals surface area contributed by atoms with Gasteiger partial charge in [-0.1, -0.05) is 59.9 Å². The molecule has 4 heterocycles. The Morgan fingerprint density at radius 2 is 1.82 bits per heavy atom. The summed E-state index contributed by atoms with van der Waals surface area (Å²) >= 11 is 25.1. The second kappa shape index (κ2) is 23.4. The van der Waals surface area contributed by atoms with Gasteiger partial charge in [0, 0.05) is 25.1 Å². The maximum absolute atomic E-state index is 14.3. The third-order valence-corrected chi connectivity index (χ3v) is 12.5. The number of thioether (sulfide) groups is 1. The van der Waals surface area contributed by atoms with Crippen LogP contribution in [0, 0.1) is 12.7 Å². The van der Waals surface area contributed by atoms with Crippen LogP contribution >= 0.6 is 69.5 Å². The molecular weight excluding hydrogens is 915 g/mol. The highest BCUT2D eigenvalue weighted by Crippen LogP contribution is 2.37. The molecule has 6 rings (SSSR count). The zero-order chi connectivity index (χ0) is 45.0. The zero-order valence-corrected chi connectivity index (χ0v) is 39.6. The summed E-state index contributed by atoms with van der Waals surface area (Å²) in [4.78, 5) is 54.7. The second-order valence-corrected chi connectivity index (χ2v) is 18.0. The zero-order valence-electron chi connectivity index (χ0n) is 34.9. The summed E-state index contributed by atoms with van der Waals surface area (Å²) in [5.74, 6) is -0.699. The smallest absolute Gasteiger partial charge is 0.325 e. The van der Waals surface area contributed by atoms with Gasteiger partial charge in [-0.05, 0) is 93.7 Å². The lowest BCUT2D eigenvalue weighted by Crippen LogP contribution is -2.45. The van der Waals surface area contributed by atoms with E-state index in [4.69, 9.17) is 60.3 Å². The van der Waals surface area contributed by atoms with Gasteiger partial charge in [0.2, 0.25) is 10.7 Å². The van der Waals surface area contributed by atoms with Gasteiger partial charge in [-0.25, -0.2) is 14.1 Å². The number of carbonyl (C=O) groups is 3. The van der Waals surface area contributed by atoms with Crippen LogP contribution in [0.2, 0.25) is 5.02 Å². The number of para-hydroxylation sites is 1. The number of carbonyl (C=O) groups excluding carboxylic acids is 3. The summed E-state index contributed by atoms with van der Waals surface area (Å²) in [7, 11) is 2.93. The molecule has 0 aliphatic carbocycles. The van der Waals surface area contributed by atoms with Crippen LogP contribution in [0.25, 0.3) is 0 Å². The Morgan fingerprint density at radius 3 is 2.43 bits per heavy atom. The van der Waals surface area contributed by atoms with E-state index >= 15 is 0 Å². The first-order chi connectivity index (χ1) is 29.0. The van der Waals surface area contributed by atoms with Crippen LogP contribution in [-0.2, 0) is 48.1 Å². The van der Waals surface area contributed by atoms with Crippen LogP contribution in [0.5, 0.6) is 0 Å². The Morgan fingerprint density at radius 1 is 1.11 bits per heavy atom. The molecule has 0 N–H and O–H groups in total. The first kappa shape index (κ1) is 50.3. The van der Waals surface area contributed by atoms with E-state index in [0.717, 1.165) is 65.2 Å². The average Bonchev–Trinajstić information content (AvgIpc) is 3.97. The number of methoxy groups -OCH3 is 2. The molecule has 1 fully saturated rings. The normalized spacial score (nSPS) is 16.2. The molecule has 2 aliphatic heterocycles. The molecule has 2 amide bonds. The van der Waals surface area contributed by atoms with Crippen LogP contribution in [0.4, 0.5) is 15.8 Å². The maximum atomic E-state index is 14.3. The molecule has 0 spiro atoms. The van der Waals surface area contributed by atoms with Gasteiger partial charge < -0.3 is 28.4 Å². The number of esters is 1. The van der Waals surface area contributed by atoms with Crippen molar-refractivity contribution in [3.8, 4) is 0 Å². The highest BCUT2D eigenvalue weighted by atomic mass is 35.5. The van der Waals surface area contributed by atoms with Crippen LogP contribution in [0.3, 0.4) is 0 Å². The highest BCUT2D eigenvalue weighted by molar-refractivity contribution is 8.00. The van der Waals surface area contributed by atoms with Crippen LogP contribution in [-0.4, -0.2) is 87.7 Å². The molecule has 2 atom stereocenters. The lowest BCUT2D eigenvalue weighted by molar-refractivity contribution is -0.144. The quantitative estimate of drug-likeness (QED) is 0.0776. The van der Waals surface area contributed by atoms with Crippen molar-refractivity contribution < 1.29 is 37.4 Å². The van der Waals surface area contributed by atoms with Gasteiger partial charge in [-0.15, -0.1) is 23.4 Å². The van der Waals surface area contributed by atoms with E-state index in [2.05, 4.69) is 22.7 Å². The topological polar surface area (TPSA) is 138 Å². The van der Waals surface area contributed by atoms with Crippen molar-refractivity contribution in [3.05, 3.63) is 90.9 Å². The van der Waals surface area contributed by atoms with Crippen LogP contribution in [0.15, 0.2) is 67.8 Å². The van der Waals surface area contributed by atoms with Gasteiger partial charge in [0.05, 0.1) is 49.0 Å². The number of amides is 2. The molecule has 2 aromatic carbocycles. The molecule has 334 valence electrons. The number of aromatic nitrogens is 2. The first-order valence-electron chi connectivity index (χ1n) is 19.3. The number of benzene rings is 2. The fraction of sp³-hybridized carbons (Fsp3) is 0.488. The summed E-state index contributed by atoms with van der Waals surface area (Å²) < 4.78 is 38.5. The number of hydrogen-bond donors (Lipinski definition) is 0. The Bertz CT molecular complexity index is 2250. The van der Waals surface area contributed by atoms with Gasteiger partial charge >= 0.3 is 10.8 Å². The number of nitrogens with zero attached hydrogens (tertiary/aromatic N) is 5. The maximum Gasteiger partial charge on any atom is 0.325 e. The Hall–Kier alpha value is -3.35. The summed E-state index contributed by atoms with van der Waals surface area (Å²) in [6.07, 6.45) is 4.06. The number of anilines is 1. The fourth-order valence-corrected chi connectivity index (χ4v) is 9.03. The number of alkyl halides is 3. The molecule has 2 aromatic heterocycles. The van der Waals surface area contributed by atoms with E-state index in [1.807, 2.05) is 32.0 Å². The monoisotopic (exact) mass is 963 g/mol. The minimum Gasteiger partial charge on any atom is -0.468 e. The van der Waals surface area contributed by atoms with Crippen molar-refractivity contribution in [2.45, 2.75) is 94.6 Å². The molecule has 13 nitrogen and oxygen atoms in total. The van der Waals surface area contributed by atoms with Gasteiger partial charge in [-0.3, -0.25) is 23.9 Å². The number of ether oxygens (including phenoxy) is 3. The van der Waals surface area contributed by atoms with Crippen molar-refractivity contribution in [2.24, 2.45) is 4.99 Å². The average molecular weight is 966 g/mol. The van der Waals surface area contributed by atoms with Crippen molar-refractivity contribution >= 4 is 98.7 Å². The number of fused-ring (bicyclic) bond motifs is 1. The number of aryl methyl sites for hydroxylation is 2.